The van der Waals surface area contributed by atoms with Crippen LogP contribution in [-0.2, 0) is 4.79 Å². The van der Waals surface area contributed by atoms with E-state index < -0.39 is 6.17 Å². The van der Waals surface area contributed by atoms with Crippen LogP contribution in [0, 0.1) is 17.8 Å². The van der Waals surface area contributed by atoms with Gasteiger partial charge in [-0.25, -0.2) is 4.39 Å². The van der Waals surface area contributed by atoms with Gasteiger partial charge in [0.2, 0.25) is 0 Å². The first-order chi connectivity index (χ1) is 4.83. The van der Waals surface area contributed by atoms with Crippen LogP contribution in [-0.4, -0.2) is 12.5 Å². The number of carbonyl (C=O) groups is 1. The van der Waals surface area contributed by atoms with Gasteiger partial charge in [0.1, 0.15) is 12.5 Å². The molecule has 0 N–H and O–H groups in total. The molecule has 4 unspecified atom stereocenters. The molecule has 2 rings (SSSR count). The Balaban J connectivity index is 2.15. The van der Waals surface area contributed by atoms with Gasteiger partial charge in [-0.05, 0) is 31.1 Å². The molecule has 1 nitrogen and oxygen atoms in total. The number of carbonyl (C=O) groups excluding carboxylic acids is 1. The molecular formula is C8H11FO. The molecule has 2 saturated carbocycles. The van der Waals surface area contributed by atoms with E-state index in [1.807, 2.05) is 0 Å². The molecule has 0 aliphatic heterocycles. The molecule has 2 heteroatoms. The van der Waals surface area contributed by atoms with Crippen LogP contribution in [0.25, 0.3) is 0 Å². The minimum atomic E-state index is -0.657. The summed E-state index contributed by atoms with van der Waals surface area (Å²) in [5.41, 5.74) is 0. The quantitative estimate of drug-likeness (QED) is 0.508. The Morgan fingerprint density at radius 2 is 2.20 bits per heavy atom. The molecule has 2 aliphatic rings. The van der Waals surface area contributed by atoms with Gasteiger partial charge in [0.25, 0.3) is 0 Å². The van der Waals surface area contributed by atoms with Gasteiger partial charge >= 0.3 is 0 Å². The molecule has 0 aromatic carbocycles. The van der Waals surface area contributed by atoms with Crippen molar-refractivity contribution in [3.05, 3.63) is 0 Å². The highest BCUT2D eigenvalue weighted by Crippen LogP contribution is 2.49. The second-order valence-corrected chi connectivity index (χ2v) is 3.48. The van der Waals surface area contributed by atoms with Crippen molar-refractivity contribution in [2.75, 3.05) is 0 Å². The van der Waals surface area contributed by atoms with Crippen LogP contribution in [0.1, 0.15) is 19.3 Å². The van der Waals surface area contributed by atoms with E-state index in [9.17, 15) is 9.18 Å². The summed E-state index contributed by atoms with van der Waals surface area (Å²) in [5.74, 6) is 0.358. The lowest BCUT2D eigenvalue weighted by atomic mass is 9.90. The van der Waals surface area contributed by atoms with Crippen LogP contribution >= 0.6 is 0 Å². The molecule has 0 saturated heterocycles. The molecule has 2 fully saturated rings. The van der Waals surface area contributed by atoms with Crippen molar-refractivity contribution in [1.29, 1.82) is 0 Å². The monoisotopic (exact) mass is 142 g/mol. The molecule has 2 aliphatic carbocycles. The molecule has 0 aromatic heterocycles. The number of halogens is 1. The zero-order valence-corrected chi connectivity index (χ0v) is 5.79. The number of hydrogen-bond donors (Lipinski definition) is 0. The van der Waals surface area contributed by atoms with Gasteiger partial charge in [0.15, 0.2) is 0 Å². The SMILES string of the molecule is O=CC1CC2CCC1C2F. The maximum Gasteiger partial charge on any atom is 0.123 e. The van der Waals surface area contributed by atoms with Crippen LogP contribution in [0.15, 0.2) is 0 Å². The Morgan fingerprint density at radius 1 is 1.40 bits per heavy atom. The number of aldehydes is 1. The molecular weight excluding hydrogens is 131 g/mol. The van der Waals surface area contributed by atoms with Crippen LogP contribution < -0.4 is 0 Å². The second-order valence-electron chi connectivity index (χ2n) is 3.48. The van der Waals surface area contributed by atoms with E-state index in [0.29, 0.717) is 0 Å². The maximum atomic E-state index is 13.1. The Bertz CT molecular complexity index is 157. The Morgan fingerprint density at radius 3 is 2.50 bits per heavy atom. The number of alkyl halides is 1. The van der Waals surface area contributed by atoms with Crippen molar-refractivity contribution in [3.8, 4) is 0 Å². The molecule has 2 bridgehead atoms. The van der Waals surface area contributed by atoms with Crippen LogP contribution in [0.3, 0.4) is 0 Å². The van der Waals surface area contributed by atoms with Gasteiger partial charge in [-0.15, -0.1) is 0 Å². The standard InChI is InChI=1S/C8H11FO/c9-8-5-1-2-7(8)6(3-5)4-10/h4-8H,1-3H2. The summed E-state index contributed by atoms with van der Waals surface area (Å²) in [6.07, 6.45) is 3.05. The molecule has 0 radical (unpaired) electrons. The van der Waals surface area contributed by atoms with Crippen molar-refractivity contribution in [2.45, 2.75) is 25.4 Å². The van der Waals surface area contributed by atoms with E-state index in [-0.39, 0.29) is 17.8 Å². The minimum Gasteiger partial charge on any atom is -0.303 e. The van der Waals surface area contributed by atoms with Crippen molar-refractivity contribution < 1.29 is 9.18 Å². The number of hydrogen-bond acceptors (Lipinski definition) is 1. The molecule has 0 aromatic rings. The van der Waals surface area contributed by atoms with Gasteiger partial charge < -0.3 is 4.79 Å². The predicted octanol–water partition coefficient (Wildman–Crippen LogP) is 1.57. The summed E-state index contributed by atoms with van der Waals surface area (Å²) >= 11 is 0. The van der Waals surface area contributed by atoms with Crippen LogP contribution in [0.5, 0.6) is 0 Å². The van der Waals surface area contributed by atoms with E-state index in [1.54, 1.807) is 0 Å². The van der Waals surface area contributed by atoms with E-state index in [0.717, 1.165) is 25.5 Å². The lowest BCUT2D eigenvalue weighted by Crippen LogP contribution is -2.13. The zero-order valence-electron chi connectivity index (χ0n) is 5.79. The number of rotatable bonds is 1. The predicted molar refractivity (Wildman–Crippen MR) is 35.3 cm³/mol. The summed E-state index contributed by atoms with van der Waals surface area (Å²) < 4.78 is 13.1. The van der Waals surface area contributed by atoms with Gasteiger partial charge in [0, 0.05) is 5.92 Å². The molecule has 10 heavy (non-hydrogen) atoms. The fourth-order valence-corrected chi connectivity index (χ4v) is 2.45. The fraction of sp³-hybridized carbons (Fsp3) is 0.875. The molecule has 0 amide bonds. The van der Waals surface area contributed by atoms with E-state index in [2.05, 4.69) is 0 Å². The van der Waals surface area contributed by atoms with Crippen molar-refractivity contribution in [3.63, 3.8) is 0 Å². The summed E-state index contributed by atoms with van der Waals surface area (Å²) in [6.45, 7) is 0. The van der Waals surface area contributed by atoms with Crippen LogP contribution in [0.2, 0.25) is 0 Å². The van der Waals surface area contributed by atoms with Gasteiger partial charge in [0.05, 0.1) is 0 Å². The first-order valence-electron chi connectivity index (χ1n) is 3.92. The Labute approximate surface area is 59.6 Å². The highest BCUT2D eigenvalue weighted by Gasteiger charge is 2.48. The minimum absolute atomic E-state index is 0.0498. The zero-order chi connectivity index (χ0) is 7.14. The lowest BCUT2D eigenvalue weighted by molar-refractivity contribution is -0.112. The van der Waals surface area contributed by atoms with Gasteiger partial charge in [-0.2, -0.15) is 0 Å². The van der Waals surface area contributed by atoms with Gasteiger partial charge in [-0.3, -0.25) is 0 Å². The van der Waals surface area contributed by atoms with E-state index in [4.69, 9.17) is 0 Å². The van der Waals surface area contributed by atoms with E-state index >= 15 is 0 Å². The normalized spacial score (nSPS) is 51.7. The average molecular weight is 142 g/mol. The molecule has 4 atom stereocenters. The topological polar surface area (TPSA) is 17.1 Å². The lowest BCUT2D eigenvalue weighted by Gasteiger charge is -2.13. The molecule has 0 heterocycles. The highest BCUT2D eigenvalue weighted by atomic mass is 19.1. The van der Waals surface area contributed by atoms with E-state index in [1.165, 1.54) is 0 Å². The first kappa shape index (κ1) is 6.32. The van der Waals surface area contributed by atoms with Gasteiger partial charge in [-0.1, -0.05) is 0 Å². The summed E-state index contributed by atoms with van der Waals surface area (Å²) in [7, 11) is 0. The Kier molecular flexibility index (Phi) is 1.29. The maximum absolute atomic E-state index is 13.1. The first-order valence-corrected chi connectivity index (χ1v) is 3.92. The largest absolute Gasteiger partial charge is 0.303 e. The fourth-order valence-electron chi connectivity index (χ4n) is 2.45. The Hall–Kier alpha value is -0.400. The summed E-state index contributed by atoms with van der Waals surface area (Å²) in [5, 5.41) is 0. The molecule has 0 spiro atoms. The highest BCUT2D eigenvalue weighted by molar-refractivity contribution is 5.55. The third-order valence-electron chi connectivity index (χ3n) is 3.03. The molecule has 56 valence electrons. The second kappa shape index (κ2) is 2.04. The third kappa shape index (κ3) is 0.648. The summed E-state index contributed by atoms with van der Waals surface area (Å²) in [6, 6.07) is 0. The van der Waals surface area contributed by atoms with Crippen molar-refractivity contribution >= 4 is 6.29 Å². The van der Waals surface area contributed by atoms with Crippen molar-refractivity contribution in [2.24, 2.45) is 17.8 Å². The third-order valence-corrected chi connectivity index (χ3v) is 3.03. The van der Waals surface area contributed by atoms with Crippen molar-refractivity contribution in [1.82, 2.24) is 0 Å². The summed E-state index contributed by atoms with van der Waals surface area (Å²) in [4.78, 5) is 10.4. The number of fused-ring (bicyclic) bond motifs is 2. The smallest absolute Gasteiger partial charge is 0.123 e. The van der Waals surface area contributed by atoms with Crippen LogP contribution in [0.4, 0.5) is 4.39 Å². The average Bonchev–Trinajstić information content (AvgIpc) is 2.46.